The van der Waals surface area contributed by atoms with Crippen molar-refractivity contribution in [1.82, 2.24) is 9.80 Å². The smallest absolute Gasteiger partial charge is 0.400 e. The molecule has 0 aromatic carbocycles. The first-order valence-electron chi connectivity index (χ1n) is 7.35. The molecule has 3 N–H and O–H groups in total. The second-order valence-corrected chi connectivity index (χ2v) is 6.07. The maximum Gasteiger partial charge on any atom is 0.400 e. The number of nitrogens with zero attached hydrogens (tertiary/aromatic N) is 3. The van der Waals surface area contributed by atoms with Crippen LogP contribution in [0.5, 0.6) is 0 Å². The summed E-state index contributed by atoms with van der Waals surface area (Å²) in [6, 6.07) is 0.367. The minimum Gasteiger partial charge on any atom is -0.409 e. The second kappa shape index (κ2) is 6.39. The second-order valence-electron chi connectivity index (χ2n) is 6.07. The number of hydrogen-bond acceptors (Lipinski definition) is 4. The lowest BCUT2D eigenvalue weighted by atomic mass is 9.96. The summed E-state index contributed by atoms with van der Waals surface area (Å²) in [6.07, 6.45) is -1.17. The molecule has 2 heterocycles. The SMILES string of the molecule is CC1CN2CCCCC2CN1CC(C(N)=NO)C(F)(F)F. The van der Waals surface area contributed by atoms with Crippen LogP contribution in [0, 0.1) is 5.92 Å². The van der Waals surface area contributed by atoms with E-state index in [2.05, 4.69) is 10.1 Å². The number of halogens is 3. The van der Waals surface area contributed by atoms with Gasteiger partial charge in [0.15, 0.2) is 5.84 Å². The summed E-state index contributed by atoms with van der Waals surface area (Å²) in [6.45, 7) is 4.12. The molecule has 2 saturated heterocycles. The molecular formula is C13H23F3N4O. The molecule has 3 atom stereocenters. The fourth-order valence-corrected chi connectivity index (χ4v) is 3.34. The lowest BCUT2D eigenvalue weighted by molar-refractivity contribution is -0.164. The summed E-state index contributed by atoms with van der Waals surface area (Å²) >= 11 is 0. The maximum atomic E-state index is 13.1. The van der Waals surface area contributed by atoms with E-state index in [0.717, 1.165) is 25.9 Å². The van der Waals surface area contributed by atoms with Gasteiger partial charge in [-0.05, 0) is 26.3 Å². The molecule has 0 aliphatic carbocycles. The first kappa shape index (κ1) is 16.4. The van der Waals surface area contributed by atoms with Gasteiger partial charge in [0.05, 0.1) is 0 Å². The number of alkyl halides is 3. The highest BCUT2D eigenvalue weighted by Gasteiger charge is 2.45. The summed E-state index contributed by atoms with van der Waals surface area (Å²) in [5, 5.41) is 11.2. The van der Waals surface area contributed by atoms with Crippen molar-refractivity contribution in [1.29, 1.82) is 0 Å². The largest absolute Gasteiger partial charge is 0.409 e. The normalized spacial score (nSPS) is 31.0. The van der Waals surface area contributed by atoms with E-state index in [1.807, 2.05) is 11.8 Å². The van der Waals surface area contributed by atoms with E-state index in [9.17, 15) is 13.2 Å². The molecule has 122 valence electrons. The molecule has 0 bridgehead atoms. The summed E-state index contributed by atoms with van der Waals surface area (Å²) < 4.78 is 39.2. The zero-order valence-electron chi connectivity index (χ0n) is 12.2. The summed E-state index contributed by atoms with van der Waals surface area (Å²) in [7, 11) is 0. The molecule has 21 heavy (non-hydrogen) atoms. The number of piperidine rings is 1. The number of amidine groups is 1. The predicted molar refractivity (Wildman–Crippen MR) is 73.2 cm³/mol. The standard InChI is InChI=1S/C13H23F3N4O/c1-9-6-19-5-3-2-4-10(19)7-20(9)8-11(12(17)18-21)13(14,15)16/h9-11,21H,2-8H2,1H3,(H2,17,18). The Labute approximate surface area is 122 Å². The average molecular weight is 308 g/mol. The number of hydrogen-bond donors (Lipinski definition) is 2. The highest BCUT2D eigenvalue weighted by atomic mass is 19.4. The van der Waals surface area contributed by atoms with Crippen LogP contribution in [0.4, 0.5) is 13.2 Å². The Balaban J connectivity index is 2.06. The molecule has 3 unspecified atom stereocenters. The molecule has 0 amide bonds. The van der Waals surface area contributed by atoms with Crippen LogP contribution < -0.4 is 5.73 Å². The Morgan fingerprint density at radius 2 is 2.10 bits per heavy atom. The van der Waals surface area contributed by atoms with Crippen LogP contribution in [0.25, 0.3) is 0 Å². The van der Waals surface area contributed by atoms with Gasteiger partial charge >= 0.3 is 6.18 Å². The summed E-state index contributed by atoms with van der Waals surface area (Å²) in [5.41, 5.74) is 5.24. The number of nitrogens with two attached hydrogens (primary N) is 1. The van der Waals surface area contributed by atoms with Gasteiger partial charge in [-0.15, -0.1) is 0 Å². The zero-order valence-corrected chi connectivity index (χ0v) is 12.2. The van der Waals surface area contributed by atoms with E-state index in [0.29, 0.717) is 12.6 Å². The van der Waals surface area contributed by atoms with Crippen molar-refractivity contribution in [2.75, 3.05) is 26.2 Å². The molecule has 2 rings (SSSR count). The van der Waals surface area contributed by atoms with Gasteiger partial charge in [0.25, 0.3) is 0 Å². The van der Waals surface area contributed by atoms with E-state index < -0.39 is 17.9 Å². The van der Waals surface area contributed by atoms with Crippen LogP contribution in [0.3, 0.4) is 0 Å². The van der Waals surface area contributed by atoms with Crippen LogP contribution in [-0.4, -0.2) is 65.3 Å². The quantitative estimate of drug-likeness (QED) is 0.359. The predicted octanol–water partition coefficient (Wildman–Crippen LogP) is 1.47. The molecule has 5 nitrogen and oxygen atoms in total. The Morgan fingerprint density at radius 1 is 1.38 bits per heavy atom. The molecule has 0 saturated carbocycles. The molecule has 0 radical (unpaired) electrons. The van der Waals surface area contributed by atoms with Crippen molar-refractivity contribution in [3.8, 4) is 0 Å². The highest BCUT2D eigenvalue weighted by Crippen LogP contribution is 2.30. The Bertz CT molecular complexity index is 388. The van der Waals surface area contributed by atoms with Crippen LogP contribution in [0.2, 0.25) is 0 Å². The first-order chi connectivity index (χ1) is 9.82. The minimum atomic E-state index is -4.50. The fraction of sp³-hybridized carbons (Fsp3) is 0.923. The van der Waals surface area contributed by atoms with Crippen molar-refractivity contribution < 1.29 is 18.4 Å². The van der Waals surface area contributed by atoms with Gasteiger partial charge in [-0.1, -0.05) is 11.6 Å². The molecule has 0 aromatic heterocycles. The number of oxime groups is 1. The first-order valence-corrected chi connectivity index (χ1v) is 7.35. The third-order valence-corrected chi connectivity index (χ3v) is 4.60. The highest BCUT2D eigenvalue weighted by molar-refractivity contribution is 5.83. The van der Waals surface area contributed by atoms with E-state index >= 15 is 0 Å². The van der Waals surface area contributed by atoms with Gasteiger partial charge < -0.3 is 10.9 Å². The van der Waals surface area contributed by atoms with Crippen LogP contribution in [-0.2, 0) is 0 Å². The van der Waals surface area contributed by atoms with Crippen LogP contribution in [0.15, 0.2) is 5.16 Å². The molecule has 2 fully saturated rings. The molecular weight excluding hydrogens is 285 g/mol. The van der Waals surface area contributed by atoms with E-state index in [1.54, 1.807) is 0 Å². The Hall–Kier alpha value is -1.02. The summed E-state index contributed by atoms with van der Waals surface area (Å²) in [4.78, 5) is 4.19. The number of piperazine rings is 1. The van der Waals surface area contributed by atoms with Crippen molar-refractivity contribution >= 4 is 5.84 Å². The Kier molecular flexibility index (Phi) is 4.98. The lowest BCUT2D eigenvalue weighted by Gasteiger charge is -2.48. The fourth-order valence-electron chi connectivity index (χ4n) is 3.34. The molecule has 2 aliphatic heterocycles. The molecule has 0 aromatic rings. The van der Waals surface area contributed by atoms with Crippen molar-refractivity contribution in [2.45, 2.75) is 44.4 Å². The average Bonchev–Trinajstić information content (AvgIpc) is 2.42. The van der Waals surface area contributed by atoms with Crippen molar-refractivity contribution in [3.63, 3.8) is 0 Å². The van der Waals surface area contributed by atoms with Gasteiger partial charge in [-0.25, -0.2) is 0 Å². The van der Waals surface area contributed by atoms with Crippen LogP contribution >= 0.6 is 0 Å². The summed E-state index contributed by atoms with van der Waals surface area (Å²) in [5.74, 6) is -2.68. The Morgan fingerprint density at radius 3 is 2.71 bits per heavy atom. The number of rotatable bonds is 3. The van der Waals surface area contributed by atoms with E-state index in [1.165, 1.54) is 6.42 Å². The molecule has 0 spiro atoms. The molecule has 8 heteroatoms. The van der Waals surface area contributed by atoms with Gasteiger partial charge in [-0.3, -0.25) is 9.80 Å². The van der Waals surface area contributed by atoms with Gasteiger partial charge in [-0.2, -0.15) is 13.2 Å². The number of fused-ring (bicyclic) bond motifs is 1. The third kappa shape index (κ3) is 3.79. The van der Waals surface area contributed by atoms with Crippen molar-refractivity contribution in [2.24, 2.45) is 16.8 Å². The van der Waals surface area contributed by atoms with E-state index in [-0.39, 0.29) is 12.6 Å². The molecule has 2 aliphatic rings. The van der Waals surface area contributed by atoms with Gasteiger partial charge in [0.1, 0.15) is 5.92 Å². The minimum absolute atomic E-state index is 0.0377. The van der Waals surface area contributed by atoms with E-state index in [4.69, 9.17) is 10.9 Å². The third-order valence-electron chi connectivity index (χ3n) is 4.60. The topological polar surface area (TPSA) is 65.1 Å². The van der Waals surface area contributed by atoms with Gasteiger partial charge in [0, 0.05) is 31.7 Å². The monoisotopic (exact) mass is 308 g/mol. The van der Waals surface area contributed by atoms with Crippen molar-refractivity contribution in [3.05, 3.63) is 0 Å². The lowest BCUT2D eigenvalue weighted by Crippen LogP contribution is -2.60. The van der Waals surface area contributed by atoms with Crippen LogP contribution in [0.1, 0.15) is 26.2 Å². The van der Waals surface area contributed by atoms with Gasteiger partial charge in [0.2, 0.25) is 0 Å². The maximum absolute atomic E-state index is 13.1. The zero-order chi connectivity index (χ0) is 15.6.